The van der Waals surface area contributed by atoms with Crippen LogP contribution in [0.2, 0.25) is 5.02 Å². The number of methoxy groups -OCH3 is 1. The van der Waals surface area contributed by atoms with Crippen LogP contribution in [0.4, 0.5) is 10.1 Å². The van der Waals surface area contributed by atoms with Crippen LogP contribution in [0.15, 0.2) is 77.7 Å². The summed E-state index contributed by atoms with van der Waals surface area (Å²) in [6.07, 6.45) is 4.93. The van der Waals surface area contributed by atoms with Gasteiger partial charge in [0, 0.05) is 12.6 Å². The van der Waals surface area contributed by atoms with E-state index in [1.807, 2.05) is 0 Å². The SMILES string of the molecule is COc1ccc(CN(C(=O)CN(c2ccc(F)c(Cl)c2)S(=O)(=O)c2ccccc2)C(C)C(=O)NC2CCCCC2)cc1. The lowest BCUT2D eigenvalue weighted by Crippen LogP contribution is -2.53. The average molecular weight is 616 g/mol. The maximum Gasteiger partial charge on any atom is 0.264 e. The zero-order valence-electron chi connectivity index (χ0n) is 23.6. The molecule has 224 valence electrons. The molecule has 1 fully saturated rings. The summed E-state index contributed by atoms with van der Waals surface area (Å²) in [6, 6.07) is 17.3. The predicted molar refractivity (Wildman–Crippen MR) is 160 cm³/mol. The molecular weight excluding hydrogens is 581 g/mol. The molecule has 0 spiro atoms. The van der Waals surface area contributed by atoms with Gasteiger partial charge in [-0.05, 0) is 67.8 Å². The normalized spacial score (nSPS) is 14.6. The highest BCUT2D eigenvalue weighted by molar-refractivity contribution is 7.92. The molecule has 0 aliphatic heterocycles. The minimum absolute atomic E-state index is 0.0160. The molecule has 1 atom stereocenters. The number of carbonyl (C=O) groups is 2. The first-order valence-electron chi connectivity index (χ1n) is 13.9. The number of hydrogen-bond acceptors (Lipinski definition) is 5. The Morgan fingerprint density at radius 1 is 1.02 bits per heavy atom. The van der Waals surface area contributed by atoms with E-state index in [1.165, 1.54) is 23.1 Å². The third kappa shape index (κ3) is 7.60. The fraction of sp³-hybridized carbons (Fsp3) is 0.355. The first-order valence-corrected chi connectivity index (χ1v) is 15.7. The van der Waals surface area contributed by atoms with E-state index in [0.717, 1.165) is 54.1 Å². The van der Waals surface area contributed by atoms with Crippen molar-refractivity contribution in [2.45, 2.75) is 62.6 Å². The number of rotatable bonds is 11. The second-order valence-electron chi connectivity index (χ2n) is 10.3. The molecule has 0 saturated heterocycles. The van der Waals surface area contributed by atoms with Crippen LogP contribution in [0, 0.1) is 5.82 Å². The number of carbonyl (C=O) groups excluding carboxylic acids is 2. The topological polar surface area (TPSA) is 96.0 Å². The van der Waals surface area contributed by atoms with Crippen molar-refractivity contribution < 1.29 is 27.1 Å². The highest BCUT2D eigenvalue weighted by Crippen LogP contribution is 2.28. The van der Waals surface area contributed by atoms with Gasteiger partial charge in [-0.1, -0.05) is 61.2 Å². The summed E-state index contributed by atoms with van der Waals surface area (Å²) in [5.74, 6) is -1.02. The maximum atomic E-state index is 14.0. The van der Waals surface area contributed by atoms with E-state index < -0.39 is 34.3 Å². The first kappa shape index (κ1) is 31.3. The molecule has 0 aromatic heterocycles. The minimum Gasteiger partial charge on any atom is -0.497 e. The molecule has 42 heavy (non-hydrogen) atoms. The Hall–Kier alpha value is -3.63. The molecule has 1 N–H and O–H groups in total. The number of nitrogens with one attached hydrogen (secondary N) is 1. The number of amides is 2. The van der Waals surface area contributed by atoms with Gasteiger partial charge in [0.05, 0.1) is 22.7 Å². The van der Waals surface area contributed by atoms with Gasteiger partial charge in [0.2, 0.25) is 11.8 Å². The Morgan fingerprint density at radius 2 is 1.69 bits per heavy atom. The largest absolute Gasteiger partial charge is 0.497 e. The van der Waals surface area contributed by atoms with E-state index >= 15 is 0 Å². The van der Waals surface area contributed by atoms with Gasteiger partial charge in [0.25, 0.3) is 10.0 Å². The lowest BCUT2D eigenvalue weighted by atomic mass is 9.95. The molecule has 3 aromatic rings. The lowest BCUT2D eigenvalue weighted by molar-refractivity contribution is -0.139. The Labute approximate surface area is 251 Å². The molecule has 4 rings (SSSR count). The summed E-state index contributed by atoms with van der Waals surface area (Å²) in [5.41, 5.74) is 0.742. The fourth-order valence-corrected chi connectivity index (χ4v) is 6.57. The van der Waals surface area contributed by atoms with Gasteiger partial charge in [-0.15, -0.1) is 0 Å². The molecule has 3 aromatic carbocycles. The molecule has 2 amide bonds. The van der Waals surface area contributed by atoms with Crippen LogP contribution >= 0.6 is 11.6 Å². The summed E-state index contributed by atoms with van der Waals surface area (Å²) in [5, 5.41) is 2.78. The summed E-state index contributed by atoms with van der Waals surface area (Å²) < 4.78 is 47.8. The summed E-state index contributed by atoms with van der Waals surface area (Å²) in [4.78, 5) is 28.7. The Bertz CT molecular complexity index is 1480. The van der Waals surface area contributed by atoms with Crippen molar-refractivity contribution in [3.63, 3.8) is 0 Å². The predicted octanol–water partition coefficient (Wildman–Crippen LogP) is 5.55. The zero-order valence-corrected chi connectivity index (χ0v) is 25.2. The molecular formula is C31H35ClFN3O5S. The van der Waals surface area contributed by atoms with Gasteiger partial charge in [-0.3, -0.25) is 13.9 Å². The summed E-state index contributed by atoms with van der Waals surface area (Å²) in [7, 11) is -2.73. The monoisotopic (exact) mass is 615 g/mol. The van der Waals surface area contributed by atoms with Crippen LogP contribution in [0.1, 0.15) is 44.6 Å². The molecule has 1 aliphatic carbocycles. The summed E-state index contributed by atoms with van der Waals surface area (Å²) in [6.45, 7) is 1.03. The average Bonchev–Trinajstić information content (AvgIpc) is 3.00. The van der Waals surface area contributed by atoms with E-state index in [9.17, 15) is 22.4 Å². The fourth-order valence-electron chi connectivity index (χ4n) is 4.97. The second-order valence-corrected chi connectivity index (χ2v) is 12.6. The molecule has 8 nitrogen and oxygen atoms in total. The molecule has 1 unspecified atom stereocenters. The van der Waals surface area contributed by atoms with Gasteiger partial charge in [-0.2, -0.15) is 0 Å². The van der Waals surface area contributed by atoms with Crippen LogP contribution in [0.5, 0.6) is 5.75 Å². The lowest BCUT2D eigenvalue weighted by Gasteiger charge is -2.33. The van der Waals surface area contributed by atoms with Crippen LogP contribution in [0.25, 0.3) is 0 Å². The number of hydrogen-bond donors (Lipinski definition) is 1. The van der Waals surface area contributed by atoms with Crippen LogP contribution in [0.3, 0.4) is 0 Å². The first-order chi connectivity index (χ1) is 20.1. The number of benzene rings is 3. The third-order valence-electron chi connectivity index (χ3n) is 7.43. The molecule has 0 heterocycles. The second kappa shape index (κ2) is 14.0. The van der Waals surface area contributed by atoms with Crippen LogP contribution in [-0.4, -0.2) is 50.9 Å². The maximum absolute atomic E-state index is 14.0. The smallest absolute Gasteiger partial charge is 0.264 e. The van der Waals surface area contributed by atoms with Crippen molar-refractivity contribution in [1.82, 2.24) is 10.2 Å². The third-order valence-corrected chi connectivity index (χ3v) is 9.51. The van der Waals surface area contributed by atoms with Gasteiger partial charge < -0.3 is 15.0 Å². The molecule has 11 heteroatoms. The summed E-state index contributed by atoms with van der Waals surface area (Å²) >= 11 is 6.01. The van der Waals surface area contributed by atoms with Gasteiger partial charge in [-0.25, -0.2) is 12.8 Å². The van der Waals surface area contributed by atoms with Crippen LogP contribution < -0.4 is 14.4 Å². The van der Waals surface area contributed by atoms with Gasteiger partial charge in [0.15, 0.2) is 0 Å². The van der Waals surface area contributed by atoms with E-state index in [0.29, 0.717) is 5.75 Å². The Morgan fingerprint density at radius 3 is 2.31 bits per heavy atom. The zero-order chi connectivity index (χ0) is 30.3. The van der Waals surface area contributed by atoms with Crippen molar-refractivity contribution >= 4 is 39.1 Å². The minimum atomic E-state index is -4.28. The van der Waals surface area contributed by atoms with Crippen molar-refractivity contribution in [2.24, 2.45) is 0 Å². The van der Waals surface area contributed by atoms with Crippen molar-refractivity contribution in [2.75, 3.05) is 18.0 Å². The van der Waals surface area contributed by atoms with E-state index in [4.69, 9.17) is 16.3 Å². The van der Waals surface area contributed by atoms with E-state index in [2.05, 4.69) is 5.32 Å². The molecule has 1 aliphatic rings. The number of anilines is 1. The Kier molecular flexibility index (Phi) is 10.5. The van der Waals surface area contributed by atoms with Crippen molar-refractivity contribution in [3.05, 3.63) is 89.2 Å². The van der Waals surface area contributed by atoms with Crippen LogP contribution in [-0.2, 0) is 26.2 Å². The van der Waals surface area contributed by atoms with E-state index in [-0.39, 0.29) is 34.1 Å². The quantitative estimate of drug-likeness (QED) is 0.305. The van der Waals surface area contributed by atoms with E-state index in [1.54, 1.807) is 56.5 Å². The number of halogens is 2. The standard InChI is InChI=1S/C31H35ClFN3O5S/c1-22(31(38)34-24-9-5-3-6-10-24)35(20-23-13-16-26(41-2)17-14-23)30(37)21-36(25-15-18-29(33)28(32)19-25)42(39,40)27-11-7-4-8-12-27/h4,7-8,11-19,22,24H,3,5-6,9-10,20-21H2,1-2H3,(H,34,38). The Balaban J connectivity index is 1.68. The molecule has 1 saturated carbocycles. The van der Waals surface area contributed by atoms with Crippen molar-refractivity contribution in [1.29, 1.82) is 0 Å². The number of ether oxygens (including phenoxy) is 1. The van der Waals surface area contributed by atoms with Gasteiger partial charge >= 0.3 is 0 Å². The van der Waals surface area contributed by atoms with Gasteiger partial charge in [0.1, 0.15) is 24.2 Å². The van der Waals surface area contributed by atoms with Crippen molar-refractivity contribution in [3.8, 4) is 5.75 Å². The highest BCUT2D eigenvalue weighted by atomic mass is 35.5. The molecule has 0 bridgehead atoms. The number of sulfonamides is 1. The number of nitrogens with zero attached hydrogens (tertiary/aromatic N) is 2. The molecule has 0 radical (unpaired) electrons. The highest BCUT2D eigenvalue weighted by Gasteiger charge is 2.33.